The number of nitrogens with zero attached hydrogens (tertiary/aromatic N) is 3. The van der Waals surface area contributed by atoms with Crippen molar-refractivity contribution < 1.29 is 0 Å². The second-order valence-electron chi connectivity index (χ2n) is 4.53. The number of aliphatic imine (C=N–C) groups is 1. The highest BCUT2D eigenvalue weighted by atomic mass is 15.2. The number of pyridine rings is 1. The Bertz CT molecular complexity index is 388. The summed E-state index contributed by atoms with van der Waals surface area (Å²) in [5.74, 6) is 1.12. The van der Waals surface area contributed by atoms with E-state index in [0.717, 1.165) is 31.9 Å². The predicted octanol–water partition coefficient (Wildman–Crippen LogP) is 2.26. The molecule has 0 aliphatic carbocycles. The molecule has 0 aromatic carbocycles. The molecular weight excluding hydrogens is 198 g/mol. The van der Waals surface area contributed by atoms with Crippen molar-refractivity contribution in [1.82, 2.24) is 4.98 Å². The van der Waals surface area contributed by atoms with Gasteiger partial charge in [0.2, 0.25) is 0 Å². The highest BCUT2D eigenvalue weighted by Gasteiger charge is 2.14. The van der Waals surface area contributed by atoms with Crippen molar-refractivity contribution in [2.45, 2.75) is 25.7 Å². The zero-order valence-corrected chi connectivity index (χ0v) is 9.52. The van der Waals surface area contributed by atoms with Crippen LogP contribution in [-0.2, 0) is 0 Å². The van der Waals surface area contributed by atoms with Gasteiger partial charge in [0, 0.05) is 37.1 Å². The van der Waals surface area contributed by atoms with E-state index in [0.29, 0.717) is 0 Å². The smallest absolute Gasteiger partial charge is 0.128 e. The number of hydrogen-bond acceptors (Lipinski definition) is 3. The summed E-state index contributed by atoms with van der Waals surface area (Å²) in [6, 6.07) is 4.31. The van der Waals surface area contributed by atoms with E-state index in [2.05, 4.69) is 27.0 Å². The van der Waals surface area contributed by atoms with E-state index < -0.39 is 0 Å². The monoisotopic (exact) mass is 215 g/mol. The van der Waals surface area contributed by atoms with E-state index in [1.165, 1.54) is 30.5 Å². The van der Waals surface area contributed by atoms with E-state index in [4.69, 9.17) is 0 Å². The van der Waals surface area contributed by atoms with Crippen LogP contribution in [0.25, 0.3) is 0 Å². The molecule has 2 aliphatic heterocycles. The van der Waals surface area contributed by atoms with E-state index in [1.54, 1.807) is 0 Å². The zero-order chi connectivity index (χ0) is 10.8. The SMILES string of the molecule is c1cc(N2CCCC2)ncc1C1=NCCC1. The first-order valence-corrected chi connectivity index (χ1v) is 6.18. The molecule has 0 radical (unpaired) electrons. The summed E-state index contributed by atoms with van der Waals surface area (Å²) < 4.78 is 0. The number of hydrogen-bond donors (Lipinski definition) is 0. The van der Waals surface area contributed by atoms with Gasteiger partial charge in [-0.2, -0.15) is 0 Å². The summed E-state index contributed by atoms with van der Waals surface area (Å²) in [5, 5.41) is 0. The molecule has 1 saturated heterocycles. The van der Waals surface area contributed by atoms with Crippen LogP contribution in [0.4, 0.5) is 5.82 Å². The van der Waals surface area contributed by atoms with Crippen molar-refractivity contribution in [1.29, 1.82) is 0 Å². The Morgan fingerprint density at radius 2 is 1.94 bits per heavy atom. The summed E-state index contributed by atoms with van der Waals surface area (Å²) in [7, 11) is 0. The Hall–Kier alpha value is -1.38. The lowest BCUT2D eigenvalue weighted by Gasteiger charge is -2.16. The summed E-state index contributed by atoms with van der Waals surface area (Å²) >= 11 is 0. The number of anilines is 1. The van der Waals surface area contributed by atoms with Crippen molar-refractivity contribution in [3.8, 4) is 0 Å². The minimum Gasteiger partial charge on any atom is -0.357 e. The van der Waals surface area contributed by atoms with Gasteiger partial charge >= 0.3 is 0 Å². The molecule has 3 heteroatoms. The van der Waals surface area contributed by atoms with Crippen LogP contribution in [0.2, 0.25) is 0 Å². The zero-order valence-electron chi connectivity index (χ0n) is 9.52. The largest absolute Gasteiger partial charge is 0.357 e. The van der Waals surface area contributed by atoms with Crippen LogP contribution in [0.1, 0.15) is 31.2 Å². The summed E-state index contributed by atoms with van der Waals surface area (Å²) in [6.45, 7) is 3.31. The van der Waals surface area contributed by atoms with Gasteiger partial charge in [0.05, 0.1) is 0 Å². The minimum atomic E-state index is 0.989. The van der Waals surface area contributed by atoms with Gasteiger partial charge < -0.3 is 4.90 Å². The van der Waals surface area contributed by atoms with Gasteiger partial charge in [0.25, 0.3) is 0 Å². The van der Waals surface area contributed by atoms with Gasteiger partial charge in [-0.15, -0.1) is 0 Å². The van der Waals surface area contributed by atoms with Crippen LogP contribution < -0.4 is 4.90 Å². The van der Waals surface area contributed by atoms with Gasteiger partial charge in [-0.25, -0.2) is 4.98 Å². The van der Waals surface area contributed by atoms with Crippen LogP contribution in [0.3, 0.4) is 0 Å². The van der Waals surface area contributed by atoms with Gasteiger partial charge in [0.1, 0.15) is 5.82 Å². The molecule has 3 nitrogen and oxygen atoms in total. The Morgan fingerprint density at radius 3 is 2.56 bits per heavy atom. The molecule has 16 heavy (non-hydrogen) atoms. The van der Waals surface area contributed by atoms with E-state index >= 15 is 0 Å². The molecule has 0 spiro atoms. The molecule has 0 bridgehead atoms. The second kappa shape index (κ2) is 4.24. The Balaban J connectivity index is 1.78. The topological polar surface area (TPSA) is 28.5 Å². The van der Waals surface area contributed by atoms with Crippen molar-refractivity contribution in [3.05, 3.63) is 23.9 Å². The summed E-state index contributed by atoms with van der Waals surface area (Å²) in [4.78, 5) is 11.4. The van der Waals surface area contributed by atoms with Crippen LogP contribution in [0, 0.1) is 0 Å². The first-order chi connectivity index (χ1) is 7.93. The number of aromatic nitrogens is 1. The lowest BCUT2D eigenvalue weighted by Crippen LogP contribution is -2.18. The molecule has 0 atom stereocenters. The molecule has 2 aliphatic rings. The van der Waals surface area contributed by atoms with Crippen molar-refractivity contribution in [2.24, 2.45) is 4.99 Å². The van der Waals surface area contributed by atoms with Crippen LogP contribution in [-0.4, -0.2) is 30.3 Å². The lowest BCUT2D eigenvalue weighted by molar-refractivity contribution is 0.936. The van der Waals surface area contributed by atoms with Crippen LogP contribution in [0.5, 0.6) is 0 Å². The maximum Gasteiger partial charge on any atom is 0.128 e. The standard InChI is InChI=1S/C13H17N3/c1-2-9-16(8-1)13-6-5-11(10-15-13)12-4-3-7-14-12/h5-6,10H,1-4,7-9H2. The predicted molar refractivity (Wildman–Crippen MR) is 66.3 cm³/mol. The molecule has 0 saturated carbocycles. The fourth-order valence-corrected chi connectivity index (χ4v) is 2.47. The van der Waals surface area contributed by atoms with Crippen molar-refractivity contribution in [3.63, 3.8) is 0 Å². The quantitative estimate of drug-likeness (QED) is 0.757. The Kier molecular flexibility index (Phi) is 2.60. The minimum absolute atomic E-state index is 0.989. The maximum atomic E-state index is 4.55. The summed E-state index contributed by atoms with van der Waals surface area (Å²) in [6.07, 6.45) is 6.90. The second-order valence-corrected chi connectivity index (χ2v) is 4.53. The third kappa shape index (κ3) is 1.82. The highest BCUT2D eigenvalue weighted by Crippen LogP contribution is 2.19. The third-order valence-electron chi connectivity index (χ3n) is 3.39. The Morgan fingerprint density at radius 1 is 1.06 bits per heavy atom. The molecule has 3 heterocycles. The summed E-state index contributed by atoms with van der Waals surface area (Å²) in [5.41, 5.74) is 2.45. The van der Waals surface area contributed by atoms with Gasteiger partial charge in [-0.05, 0) is 37.8 Å². The first kappa shape index (κ1) is 9.82. The highest BCUT2D eigenvalue weighted by molar-refractivity contribution is 6.01. The van der Waals surface area contributed by atoms with Gasteiger partial charge in [-0.3, -0.25) is 4.99 Å². The normalized spacial score (nSPS) is 20.2. The molecular formula is C13H17N3. The molecule has 0 N–H and O–H groups in total. The molecule has 0 unspecified atom stereocenters. The molecule has 1 aromatic rings. The van der Waals surface area contributed by atoms with Gasteiger partial charge in [0.15, 0.2) is 0 Å². The van der Waals surface area contributed by atoms with Crippen LogP contribution >= 0.6 is 0 Å². The van der Waals surface area contributed by atoms with E-state index in [1.807, 2.05) is 6.20 Å². The fourth-order valence-electron chi connectivity index (χ4n) is 2.47. The molecule has 0 amide bonds. The molecule has 1 fully saturated rings. The molecule has 1 aromatic heterocycles. The average molecular weight is 215 g/mol. The van der Waals surface area contributed by atoms with E-state index in [9.17, 15) is 0 Å². The van der Waals surface area contributed by atoms with Crippen molar-refractivity contribution >= 4 is 11.5 Å². The first-order valence-electron chi connectivity index (χ1n) is 6.18. The van der Waals surface area contributed by atoms with Crippen molar-refractivity contribution in [2.75, 3.05) is 24.5 Å². The lowest BCUT2D eigenvalue weighted by atomic mass is 10.1. The molecule has 3 rings (SSSR count). The third-order valence-corrected chi connectivity index (χ3v) is 3.39. The van der Waals surface area contributed by atoms with Crippen LogP contribution in [0.15, 0.2) is 23.3 Å². The molecule has 84 valence electrons. The maximum absolute atomic E-state index is 4.55. The van der Waals surface area contributed by atoms with E-state index in [-0.39, 0.29) is 0 Å². The number of rotatable bonds is 2. The average Bonchev–Trinajstić information content (AvgIpc) is 3.03. The Labute approximate surface area is 96.2 Å². The van der Waals surface area contributed by atoms with Gasteiger partial charge in [-0.1, -0.05) is 0 Å². The fraction of sp³-hybridized carbons (Fsp3) is 0.538.